The van der Waals surface area contributed by atoms with E-state index in [0.717, 1.165) is 5.69 Å². The van der Waals surface area contributed by atoms with Gasteiger partial charge >= 0.3 is 5.69 Å². The molecule has 0 amide bonds. The molecule has 0 saturated heterocycles. The van der Waals surface area contributed by atoms with Gasteiger partial charge in [0.25, 0.3) is 0 Å². The van der Waals surface area contributed by atoms with Crippen LogP contribution in [0.1, 0.15) is 0 Å². The predicted octanol–water partition coefficient (Wildman–Crippen LogP) is 0.995. The highest BCUT2D eigenvalue weighted by Gasteiger charge is 2.09. The molecule has 0 aliphatic heterocycles. The molecule has 0 spiro atoms. The Morgan fingerprint density at radius 3 is 2.55 bits per heavy atom. The fourth-order valence-electron chi connectivity index (χ4n) is 2.46. The normalized spacial score (nSPS) is 11.0. The van der Waals surface area contributed by atoms with Crippen molar-refractivity contribution in [3.05, 3.63) is 65.2 Å². The Balaban J connectivity index is 1.79. The third-order valence-electron chi connectivity index (χ3n) is 3.56. The van der Waals surface area contributed by atoms with E-state index >= 15 is 0 Å². The van der Waals surface area contributed by atoms with E-state index in [4.69, 9.17) is 0 Å². The predicted molar refractivity (Wildman–Crippen MR) is 85.2 cm³/mol. The lowest BCUT2D eigenvalue weighted by molar-refractivity contribution is 0.301. The van der Waals surface area contributed by atoms with Crippen LogP contribution in [0.5, 0.6) is 0 Å². The standard InChI is InChI=1S/C16H18N4O2/c21-13-12-18(14-6-2-1-3-7-14)10-11-20-16(22)19-9-5-4-8-15(19)17-20/h1-9,21H,10-13H2. The molecule has 0 saturated carbocycles. The maximum atomic E-state index is 12.2. The van der Waals surface area contributed by atoms with E-state index in [1.165, 1.54) is 9.08 Å². The quantitative estimate of drug-likeness (QED) is 0.737. The van der Waals surface area contributed by atoms with Crippen molar-refractivity contribution in [1.82, 2.24) is 14.2 Å². The van der Waals surface area contributed by atoms with Crippen molar-refractivity contribution in [2.24, 2.45) is 0 Å². The van der Waals surface area contributed by atoms with Crippen LogP contribution >= 0.6 is 0 Å². The van der Waals surface area contributed by atoms with Gasteiger partial charge in [0.2, 0.25) is 0 Å². The van der Waals surface area contributed by atoms with Crippen LogP contribution in [0.4, 0.5) is 5.69 Å². The van der Waals surface area contributed by atoms with Crippen molar-refractivity contribution in [1.29, 1.82) is 0 Å². The molecule has 1 aromatic carbocycles. The molecular weight excluding hydrogens is 280 g/mol. The molecule has 6 nitrogen and oxygen atoms in total. The first-order valence-corrected chi connectivity index (χ1v) is 7.24. The summed E-state index contributed by atoms with van der Waals surface area (Å²) >= 11 is 0. The summed E-state index contributed by atoms with van der Waals surface area (Å²) in [7, 11) is 0. The number of hydrogen-bond donors (Lipinski definition) is 1. The number of rotatable bonds is 6. The summed E-state index contributed by atoms with van der Waals surface area (Å²) in [6.07, 6.45) is 1.71. The third kappa shape index (κ3) is 2.87. The molecule has 0 bridgehead atoms. The number of para-hydroxylation sites is 1. The maximum Gasteiger partial charge on any atom is 0.350 e. The highest BCUT2D eigenvalue weighted by atomic mass is 16.3. The van der Waals surface area contributed by atoms with Crippen LogP contribution in [0.3, 0.4) is 0 Å². The van der Waals surface area contributed by atoms with Gasteiger partial charge in [0.15, 0.2) is 5.65 Å². The molecule has 3 aromatic rings. The van der Waals surface area contributed by atoms with E-state index in [-0.39, 0.29) is 12.3 Å². The second-order valence-electron chi connectivity index (χ2n) is 4.98. The highest BCUT2D eigenvalue weighted by Crippen LogP contribution is 2.12. The van der Waals surface area contributed by atoms with Gasteiger partial charge in [-0.1, -0.05) is 24.3 Å². The molecule has 6 heteroatoms. The van der Waals surface area contributed by atoms with Crippen LogP contribution in [-0.4, -0.2) is 39.0 Å². The molecule has 0 aliphatic carbocycles. The zero-order valence-corrected chi connectivity index (χ0v) is 12.2. The third-order valence-corrected chi connectivity index (χ3v) is 3.56. The Hall–Kier alpha value is -2.60. The Labute approximate surface area is 127 Å². The number of aromatic nitrogens is 3. The largest absolute Gasteiger partial charge is 0.395 e. The summed E-state index contributed by atoms with van der Waals surface area (Å²) in [5, 5.41) is 13.6. The molecule has 2 aromatic heterocycles. The maximum absolute atomic E-state index is 12.2. The summed E-state index contributed by atoms with van der Waals surface area (Å²) in [4.78, 5) is 14.3. The molecule has 0 aliphatic rings. The Bertz CT molecular complexity index is 795. The first-order chi connectivity index (χ1) is 10.8. The van der Waals surface area contributed by atoms with Crippen LogP contribution in [0.25, 0.3) is 5.65 Å². The van der Waals surface area contributed by atoms with Crippen LogP contribution < -0.4 is 10.6 Å². The fourth-order valence-corrected chi connectivity index (χ4v) is 2.46. The summed E-state index contributed by atoms with van der Waals surface area (Å²) < 4.78 is 2.99. The Kier molecular flexibility index (Phi) is 4.20. The van der Waals surface area contributed by atoms with Gasteiger partial charge in [0.1, 0.15) is 0 Å². The van der Waals surface area contributed by atoms with Gasteiger partial charge in [-0.15, -0.1) is 5.10 Å². The van der Waals surface area contributed by atoms with Gasteiger partial charge < -0.3 is 10.0 Å². The first kappa shape index (κ1) is 14.3. The first-order valence-electron chi connectivity index (χ1n) is 7.24. The number of pyridine rings is 1. The minimum atomic E-state index is -0.146. The smallest absolute Gasteiger partial charge is 0.350 e. The number of hydrogen-bond acceptors (Lipinski definition) is 4. The minimum Gasteiger partial charge on any atom is -0.395 e. The summed E-state index contributed by atoms with van der Waals surface area (Å²) in [6.45, 7) is 1.66. The highest BCUT2D eigenvalue weighted by molar-refractivity contribution is 5.45. The van der Waals surface area contributed by atoms with E-state index in [1.54, 1.807) is 12.3 Å². The van der Waals surface area contributed by atoms with Crippen molar-refractivity contribution in [2.45, 2.75) is 6.54 Å². The van der Waals surface area contributed by atoms with E-state index < -0.39 is 0 Å². The number of fused-ring (bicyclic) bond motifs is 1. The van der Waals surface area contributed by atoms with Crippen molar-refractivity contribution in [3.8, 4) is 0 Å². The van der Waals surface area contributed by atoms with E-state index in [2.05, 4.69) is 5.10 Å². The van der Waals surface area contributed by atoms with Gasteiger partial charge in [-0.2, -0.15) is 0 Å². The number of benzene rings is 1. The zero-order valence-electron chi connectivity index (χ0n) is 12.2. The number of aliphatic hydroxyl groups excluding tert-OH is 1. The van der Waals surface area contributed by atoms with Crippen LogP contribution in [0.2, 0.25) is 0 Å². The van der Waals surface area contributed by atoms with E-state index in [1.807, 2.05) is 47.4 Å². The van der Waals surface area contributed by atoms with Gasteiger partial charge in [-0.3, -0.25) is 4.40 Å². The lowest BCUT2D eigenvalue weighted by atomic mass is 10.3. The Morgan fingerprint density at radius 1 is 1.05 bits per heavy atom. The van der Waals surface area contributed by atoms with Gasteiger partial charge in [-0.25, -0.2) is 9.48 Å². The second-order valence-corrected chi connectivity index (χ2v) is 4.98. The number of aliphatic hydroxyl groups is 1. The molecule has 2 heterocycles. The summed E-state index contributed by atoms with van der Waals surface area (Å²) in [5.41, 5.74) is 1.52. The average Bonchev–Trinajstić information content (AvgIpc) is 2.89. The lowest BCUT2D eigenvalue weighted by Crippen LogP contribution is -2.33. The van der Waals surface area contributed by atoms with Crippen LogP contribution in [0.15, 0.2) is 59.5 Å². The lowest BCUT2D eigenvalue weighted by Gasteiger charge is -2.23. The molecule has 0 unspecified atom stereocenters. The molecule has 0 radical (unpaired) electrons. The average molecular weight is 298 g/mol. The molecular formula is C16H18N4O2. The van der Waals surface area contributed by atoms with Gasteiger partial charge in [0.05, 0.1) is 13.2 Å². The number of nitrogens with zero attached hydrogens (tertiary/aromatic N) is 4. The molecule has 0 fully saturated rings. The van der Waals surface area contributed by atoms with E-state index in [0.29, 0.717) is 25.3 Å². The molecule has 114 valence electrons. The monoisotopic (exact) mass is 298 g/mol. The van der Waals surface area contributed by atoms with Crippen molar-refractivity contribution < 1.29 is 5.11 Å². The molecule has 3 rings (SSSR count). The van der Waals surface area contributed by atoms with E-state index in [9.17, 15) is 9.90 Å². The summed E-state index contributed by atoms with van der Waals surface area (Å²) in [5.74, 6) is 0. The SMILES string of the molecule is O=c1n(CCN(CCO)c2ccccc2)nc2ccccn12. The molecule has 0 atom stereocenters. The fraction of sp³-hybridized carbons (Fsp3) is 0.250. The Morgan fingerprint density at radius 2 is 1.82 bits per heavy atom. The van der Waals surface area contributed by atoms with Crippen LogP contribution in [-0.2, 0) is 6.54 Å². The zero-order chi connectivity index (χ0) is 15.4. The summed E-state index contributed by atoms with van der Waals surface area (Å²) in [6, 6.07) is 15.3. The van der Waals surface area contributed by atoms with Crippen molar-refractivity contribution in [3.63, 3.8) is 0 Å². The van der Waals surface area contributed by atoms with Crippen molar-refractivity contribution in [2.75, 3.05) is 24.6 Å². The van der Waals surface area contributed by atoms with Crippen molar-refractivity contribution >= 4 is 11.3 Å². The topological polar surface area (TPSA) is 62.8 Å². The number of anilines is 1. The van der Waals surface area contributed by atoms with Gasteiger partial charge in [-0.05, 0) is 24.3 Å². The van der Waals surface area contributed by atoms with Gasteiger partial charge in [0, 0.05) is 25.0 Å². The molecule has 1 N–H and O–H groups in total. The van der Waals surface area contributed by atoms with Crippen LogP contribution in [0, 0.1) is 0 Å². The molecule has 22 heavy (non-hydrogen) atoms. The second kappa shape index (κ2) is 6.44. The minimum absolute atomic E-state index is 0.0644.